The van der Waals surface area contributed by atoms with Crippen LogP contribution >= 0.6 is 0 Å². The molecule has 0 radical (unpaired) electrons. The van der Waals surface area contributed by atoms with E-state index in [1.165, 1.54) is 11.1 Å². The van der Waals surface area contributed by atoms with Crippen molar-refractivity contribution in [2.45, 2.75) is 32.8 Å². The van der Waals surface area contributed by atoms with E-state index in [-0.39, 0.29) is 12.0 Å². The van der Waals surface area contributed by atoms with Crippen LogP contribution in [0, 0.1) is 13.8 Å². The van der Waals surface area contributed by atoms with Gasteiger partial charge in [0.05, 0.1) is 12.6 Å². The van der Waals surface area contributed by atoms with Crippen molar-refractivity contribution in [2.24, 2.45) is 0 Å². The fourth-order valence-electron chi connectivity index (χ4n) is 2.40. The number of amides is 1. The lowest BCUT2D eigenvalue weighted by atomic mass is 10.1. The number of hydrogen-bond acceptors (Lipinski definition) is 3. The van der Waals surface area contributed by atoms with Gasteiger partial charge in [0.1, 0.15) is 0 Å². The lowest BCUT2D eigenvalue weighted by molar-refractivity contribution is -0.118. The predicted molar refractivity (Wildman–Crippen MR) is 76.2 cm³/mol. The normalized spacial score (nSPS) is 20.3. The van der Waals surface area contributed by atoms with Crippen LogP contribution in [0.3, 0.4) is 0 Å². The second-order valence-corrected chi connectivity index (χ2v) is 5.38. The maximum absolute atomic E-state index is 11.9. The van der Waals surface area contributed by atoms with Gasteiger partial charge in [-0.15, -0.1) is 0 Å². The smallest absolute Gasteiger partial charge is 0.238 e. The van der Waals surface area contributed by atoms with Crippen LogP contribution in [0.1, 0.15) is 24.0 Å². The van der Waals surface area contributed by atoms with Gasteiger partial charge in [-0.1, -0.05) is 6.07 Å². The minimum atomic E-state index is -0.289. The number of piperidine rings is 1. The fraction of sp³-hybridized carbons (Fsp3) is 0.533. The van der Waals surface area contributed by atoms with E-state index in [4.69, 9.17) is 0 Å². The average Bonchev–Trinajstić information content (AvgIpc) is 2.34. The third kappa shape index (κ3) is 4.04. The maximum atomic E-state index is 11.9. The Bertz CT molecular complexity index is 459. The highest BCUT2D eigenvalue weighted by Crippen LogP contribution is 2.14. The molecule has 0 bridgehead atoms. The molecule has 0 spiro atoms. The minimum absolute atomic E-state index is 0.0163. The second-order valence-electron chi connectivity index (χ2n) is 5.38. The SMILES string of the molecule is Cc1ccc(NC(=O)CN2CCC[C@H](O)C2)cc1C. The summed E-state index contributed by atoms with van der Waals surface area (Å²) in [4.78, 5) is 14.0. The molecule has 0 aliphatic carbocycles. The van der Waals surface area contributed by atoms with Gasteiger partial charge in [0.2, 0.25) is 5.91 Å². The van der Waals surface area contributed by atoms with Crippen LogP contribution in [0.4, 0.5) is 5.69 Å². The number of rotatable bonds is 3. The van der Waals surface area contributed by atoms with Crippen molar-refractivity contribution in [2.75, 3.05) is 25.0 Å². The summed E-state index contributed by atoms with van der Waals surface area (Å²) in [5.74, 6) is -0.0163. The van der Waals surface area contributed by atoms with Crippen molar-refractivity contribution in [3.63, 3.8) is 0 Å². The summed E-state index contributed by atoms with van der Waals surface area (Å²) in [6, 6.07) is 5.92. The fourth-order valence-corrected chi connectivity index (χ4v) is 2.40. The molecular formula is C15H22N2O2. The van der Waals surface area contributed by atoms with Crippen LogP contribution in [0.25, 0.3) is 0 Å². The summed E-state index contributed by atoms with van der Waals surface area (Å²) >= 11 is 0. The molecule has 1 heterocycles. The molecule has 0 saturated carbocycles. The Morgan fingerprint density at radius 2 is 2.21 bits per heavy atom. The lowest BCUT2D eigenvalue weighted by Crippen LogP contribution is -2.42. The predicted octanol–water partition coefficient (Wildman–Crippen LogP) is 1.70. The first-order chi connectivity index (χ1) is 9.04. The molecule has 0 unspecified atom stereocenters. The van der Waals surface area contributed by atoms with Gasteiger partial charge in [0.15, 0.2) is 0 Å². The van der Waals surface area contributed by atoms with E-state index < -0.39 is 0 Å². The molecule has 2 N–H and O–H groups in total. The summed E-state index contributed by atoms with van der Waals surface area (Å²) in [5.41, 5.74) is 3.23. The summed E-state index contributed by atoms with van der Waals surface area (Å²) in [6.45, 7) is 5.92. The first-order valence-electron chi connectivity index (χ1n) is 6.82. The topological polar surface area (TPSA) is 52.6 Å². The average molecular weight is 262 g/mol. The molecule has 19 heavy (non-hydrogen) atoms. The summed E-state index contributed by atoms with van der Waals surface area (Å²) in [5, 5.41) is 12.5. The number of hydrogen-bond donors (Lipinski definition) is 2. The highest BCUT2D eigenvalue weighted by molar-refractivity contribution is 5.92. The van der Waals surface area contributed by atoms with Crippen LogP contribution in [0.2, 0.25) is 0 Å². The number of nitrogens with one attached hydrogen (secondary N) is 1. The van der Waals surface area contributed by atoms with Crippen molar-refractivity contribution in [3.05, 3.63) is 29.3 Å². The number of aliphatic hydroxyl groups excluding tert-OH is 1. The number of carbonyl (C=O) groups is 1. The molecule has 1 fully saturated rings. The number of β-amino-alcohol motifs (C(OH)–C–C–N with tert-alkyl or cyclic N) is 1. The van der Waals surface area contributed by atoms with Crippen molar-refractivity contribution in [3.8, 4) is 0 Å². The standard InChI is InChI=1S/C15H22N2O2/c1-11-5-6-13(8-12(11)2)16-15(19)10-17-7-3-4-14(18)9-17/h5-6,8,14,18H,3-4,7,9-10H2,1-2H3,(H,16,19)/t14-/m0/s1. The van der Waals surface area contributed by atoms with Crippen molar-refractivity contribution in [1.29, 1.82) is 0 Å². The van der Waals surface area contributed by atoms with Crippen molar-refractivity contribution < 1.29 is 9.90 Å². The number of likely N-dealkylation sites (tertiary alicyclic amines) is 1. The Labute approximate surface area is 114 Å². The molecule has 1 aromatic rings. The molecule has 1 amide bonds. The molecule has 1 aliphatic rings. The van der Waals surface area contributed by atoms with Gasteiger partial charge in [0.25, 0.3) is 0 Å². The molecule has 2 rings (SSSR count). The van der Waals surface area contributed by atoms with Crippen molar-refractivity contribution >= 4 is 11.6 Å². The van der Waals surface area contributed by atoms with Crippen LogP contribution in [-0.2, 0) is 4.79 Å². The zero-order valence-electron chi connectivity index (χ0n) is 11.6. The van der Waals surface area contributed by atoms with E-state index in [2.05, 4.69) is 12.2 Å². The number of anilines is 1. The van der Waals surface area contributed by atoms with E-state index in [9.17, 15) is 9.90 Å². The van der Waals surface area contributed by atoms with Gasteiger partial charge < -0.3 is 10.4 Å². The Hall–Kier alpha value is -1.39. The van der Waals surface area contributed by atoms with Crippen LogP contribution in [-0.4, -0.2) is 41.7 Å². The van der Waals surface area contributed by atoms with Gasteiger partial charge >= 0.3 is 0 Å². The number of aliphatic hydroxyl groups is 1. The Kier molecular flexibility index (Phi) is 4.56. The van der Waals surface area contributed by atoms with Crippen molar-refractivity contribution in [1.82, 2.24) is 4.90 Å². The van der Waals surface area contributed by atoms with E-state index in [0.717, 1.165) is 25.1 Å². The minimum Gasteiger partial charge on any atom is -0.392 e. The molecule has 1 atom stereocenters. The van der Waals surface area contributed by atoms with Gasteiger partial charge in [-0.05, 0) is 56.5 Å². The van der Waals surface area contributed by atoms with Gasteiger partial charge in [-0.25, -0.2) is 0 Å². The third-order valence-corrected chi connectivity index (χ3v) is 3.64. The Balaban J connectivity index is 1.88. The molecule has 0 aromatic heterocycles. The number of nitrogens with zero attached hydrogens (tertiary/aromatic N) is 1. The summed E-state index contributed by atoms with van der Waals surface area (Å²) < 4.78 is 0. The highest BCUT2D eigenvalue weighted by Gasteiger charge is 2.19. The van der Waals surface area contributed by atoms with Crippen LogP contribution in [0.5, 0.6) is 0 Å². The van der Waals surface area contributed by atoms with Gasteiger partial charge in [-0.3, -0.25) is 9.69 Å². The molecule has 4 heteroatoms. The number of benzene rings is 1. The first kappa shape index (κ1) is 14.0. The molecule has 1 aromatic carbocycles. The second kappa shape index (κ2) is 6.17. The molecule has 1 aliphatic heterocycles. The highest BCUT2D eigenvalue weighted by atomic mass is 16.3. The van der Waals surface area contributed by atoms with Crippen LogP contribution in [0.15, 0.2) is 18.2 Å². The largest absolute Gasteiger partial charge is 0.392 e. The zero-order chi connectivity index (χ0) is 13.8. The Morgan fingerprint density at radius 1 is 1.42 bits per heavy atom. The molecular weight excluding hydrogens is 240 g/mol. The van der Waals surface area contributed by atoms with E-state index in [1.807, 2.05) is 30.0 Å². The quantitative estimate of drug-likeness (QED) is 0.871. The van der Waals surface area contributed by atoms with E-state index in [0.29, 0.717) is 13.1 Å². The zero-order valence-corrected chi connectivity index (χ0v) is 11.6. The number of aryl methyl sites for hydroxylation is 2. The summed E-state index contributed by atoms with van der Waals surface area (Å²) in [7, 11) is 0. The summed E-state index contributed by atoms with van der Waals surface area (Å²) in [6.07, 6.45) is 1.51. The van der Waals surface area contributed by atoms with E-state index in [1.54, 1.807) is 0 Å². The van der Waals surface area contributed by atoms with Gasteiger partial charge in [-0.2, -0.15) is 0 Å². The maximum Gasteiger partial charge on any atom is 0.238 e. The molecule has 104 valence electrons. The third-order valence-electron chi connectivity index (χ3n) is 3.64. The number of carbonyl (C=O) groups excluding carboxylic acids is 1. The van der Waals surface area contributed by atoms with Crippen LogP contribution < -0.4 is 5.32 Å². The van der Waals surface area contributed by atoms with E-state index >= 15 is 0 Å². The monoisotopic (exact) mass is 262 g/mol. The lowest BCUT2D eigenvalue weighted by Gasteiger charge is -2.29. The van der Waals surface area contributed by atoms with Gasteiger partial charge in [0, 0.05) is 12.2 Å². The first-order valence-corrected chi connectivity index (χ1v) is 6.82. The Morgan fingerprint density at radius 3 is 2.89 bits per heavy atom. The molecule has 1 saturated heterocycles. The molecule has 4 nitrogen and oxygen atoms in total.